The molecule has 6 nitrogen and oxygen atoms in total. The number of nitrogens with two attached hydrogens (primary N) is 1. The number of thioether (sulfide) groups is 2. The van der Waals surface area contributed by atoms with Gasteiger partial charge in [-0.3, -0.25) is 19.2 Å². The van der Waals surface area contributed by atoms with E-state index >= 15 is 0 Å². The first-order valence-electron chi connectivity index (χ1n) is 13.4. The molecule has 244 valence electrons. The second-order valence-corrected chi connectivity index (χ2v) is 12.2. The maximum Gasteiger partial charge on any atom is 0.256 e. The van der Waals surface area contributed by atoms with Gasteiger partial charge in [-0.05, 0) is 66.2 Å². The van der Waals surface area contributed by atoms with Gasteiger partial charge in [-0.2, -0.15) is 0 Å². The van der Waals surface area contributed by atoms with Gasteiger partial charge in [-0.15, -0.1) is 23.5 Å². The Labute approximate surface area is 277 Å². The number of nitrogens with one attached hydrogen (secondary N) is 1. The van der Waals surface area contributed by atoms with Gasteiger partial charge in [0.1, 0.15) is 11.6 Å². The summed E-state index contributed by atoms with van der Waals surface area (Å²) < 4.78 is 77.5. The van der Waals surface area contributed by atoms with E-state index < -0.39 is 46.1 Å². The first-order chi connectivity index (χ1) is 22.3. The number of carbonyl (C=O) groups excluding carboxylic acids is 4. The Morgan fingerprint density at radius 2 is 1.11 bits per heavy atom. The van der Waals surface area contributed by atoms with Crippen LogP contribution >= 0.6 is 35.1 Å². The first-order valence-corrected chi connectivity index (χ1v) is 15.8. The molecule has 0 radical (unpaired) electrons. The fourth-order valence-corrected chi connectivity index (χ4v) is 6.84. The lowest BCUT2D eigenvalue weighted by atomic mass is 10.0. The highest BCUT2D eigenvalue weighted by Crippen LogP contribution is 2.36. The maximum atomic E-state index is 13.8. The van der Waals surface area contributed by atoms with Gasteiger partial charge >= 0.3 is 0 Å². The third kappa shape index (κ3) is 8.56. The third-order valence-corrected chi connectivity index (χ3v) is 8.95. The molecule has 0 spiro atoms. The monoisotopic (exact) mass is 710 g/mol. The van der Waals surface area contributed by atoms with E-state index in [9.17, 15) is 45.5 Å². The molecule has 0 fully saturated rings. The Morgan fingerprint density at radius 3 is 1.60 bits per heavy atom. The molecule has 4 aromatic carbocycles. The molecule has 0 saturated heterocycles. The summed E-state index contributed by atoms with van der Waals surface area (Å²) in [7, 11) is 0. The molecule has 1 amide bonds. The Morgan fingerprint density at radius 1 is 0.638 bits per heavy atom. The molecule has 6 rings (SSSR count). The first kappa shape index (κ1) is 35.6. The summed E-state index contributed by atoms with van der Waals surface area (Å²) in [4.78, 5) is 47.4. The van der Waals surface area contributed by atoms with E-state index in [2.05, 4.69) is 5.32 Å². The van der Waals surface area contributed by atoms with Gasteiger partial charge in [-0.25, -0.2) is 26.3 Å². The van der Waals surface area contributed by atoms with Gasteiger partial charge in [0.2, 0.25) is 0 Å². The SMILES string of the molecule is Nc1ccc(F)c(F)c1.O=C(Cl)c1ccc(F)c2c1SCCC2=O.O=C(Nc1ccc(F)c(F)c1)c1ccc(F)c2c1SCCC2=O. The summed E-state index contributed by atoms with van der Waals surface area (Å²) >= 11 is 7.87. The molecule has 3 N–H and O–H groups in total. The Bertz CT molecular complexity index is 1910. The molecule has 0 aromatic heterocycles. The van der Waals surface area contributed by atoms with Crippen LogP contribution in [-0.4, -0.2) is 34.2 Å². The van der Waals surface area contributed by atoms with E-state index in [0.29, 0.717) is 22.8 Å². The number of hydrogen-bond acceptors (Lipinski definition) is 7. The second-order valence-electron chi connectivity index (χ2n) is 9.67. The number of fused-ring (bicyclic) bond motifs is 2. The molecule has 0 atom stereocenters. The highest BCUT2D eigenvalue weighted by atomic mass is 35.5. The van der Waals surface area contributed by atoms with Crippen LogP contribution in [0.2, 0.25) is 0 Å². The number of anilines is 2. The van der Waals surface area contributed by atoms with Crippen molar-refractivity contribution in [3.63, 3.8) is 0 Å². The largest absolute Gasteiger partial charge is 0.399 e. The average molecular weight is 711 g/mol. The van der Waals surface area contributed by atoms with Crippen LogP contribution in [0, 0.1) is 34.9 Å². The van der Waals surface area contributed by atoms with Crippen LogP contribution in [-0.2, 0) is 0 Å². The molecule has 2 aliphatic heterocycles. The number of ketones is 2. The van der Waals surface area contributed by atoms with Gasteiger partial charge in [0, 0.05) is 57.1 Å². The Hall–Kier alpha value is -4.27. The standard InChI is InChI=1S/C16H10F3NO2S.C10H6ClFO2S.C6H5F2N/c17-10-3-1-8(7-12(10)19)20-16(22)9-2-4-11(18)14-13(21)5-6-23-15(9)14;11-10(14)5-1-2-6(12)8-7(13)3-4-15-9(5)8;7-5-2-1-4(9)3-6(5)8/h1-4,7H,5-6H2,(H,20,22);1-2H,3-4H2;1-3H,9H2. The van der Waals surface area contributed by atoms with Crippen molar-refractivity contribution in [3.8, 4) is 0 Å². The number of nitrogen functional groups attached to an aromatic ring is 1. The smallest absolute Gasteiger partial charge is 0.256 e. The van der Waals surface area contributed by atoms with E-state index in [0.717, 1.165) is 36.4 Å². The fraction of sp³-hybridized carbons (Fsp3) is 0.125. The van der Waals surface area contributed by atoms with Crippen molar-refractivity contribution in [1.29, 1.82) is 0 Å². The van der Waals surface area contributed by atoms with Crippen molar-refractivity contribution in [2.24, 2.45) is 0 Å². The van der Waals surface area contributed by atoms with E-state index in [1.807, 2.05) is 0 Å². The van der Waals surface area contributed by atoms with Gasteiger partial charge < -0.3 is 11.1 Å². The molecular weight excluding hydrogens is 690 g/mol. The van der Waals surface area contributed by atoms with Gasteiger partial charge in [0.05, 0.1) is 16.7 Å². The van der Waals surface area contributed by atoms with Crippen LogP contribution < -0.4 is 11.1 Å². The van der Waals surface area contributed by atoms with E-state index in [1.165, 1.54) is 47.8 Å². The number of benzene rings is 4. The van der Waals surface area contributed by atoms with E-state index in [1.54, 1.807) is 0 Å². The number of hydrogen-bond donors (Lipinski definition) is 2. The van der Waals surface area contributed by atoms with Crippen LogP contribution in [0.3, 0.4) is 0 Å². The minimum absolute atomic E-state index is 0.0118. The zero-order chi connectivity index (χ0) is 34.4. The molecule has 47 heavy (non-hydrogen) atoms. The number of rotatable bonds is 3. The Kier molecular flexibility index (Phi) is 11.8. The van der Waals surface area contributed by atoms with Gasteiger partial charge in [-0.1, -0.05) is 0 Å². The number of halogens is 7. The number of Topliss-reactive ketones (excluding diaryl/α,β-unsaturated/α-hetero) is 2. The highest BCUT2D eigenvalue weighted by molar-refractivity contribution is 7.99. The van der Waals surface area contributed by atoms with Crippen LogP contribution in [0.1, 0.15) is 54.3 Å². The summed E-state index contributed by atoms with van der Waals surface area (Å²) in [5.74, 6) is -5.34. The molecule has 0 saturated carbocycles. The lowest BCUT2D eigenvalue weighted by Crippen LogP contribution is -2.18. The minimum atomic E-state index is -1.09. The quantitative estimate of drug-likeness (QED) is 0.125. The predicted molar refractivity (Wildman–Crippen MR) is 167 cm³/mol. The van der Waals surface area contributed by atoms with Crippen molar-refractivity contribution < 1.29 is 45.5 Å². The Balaban J connectivity index is 0.000000178. The molecule has 2 heterocycles. The maximum absolute atomic E-state index is 13.8. The van der Waals surface area contributed by atoms with Gasteiger partial charge in [0.15, 0.2) is 34.8 Å². The van der Waals surface area contributed by atoms with Crippen LogP contribution in [0.5, 0.6) is 0 Å². The third-order valence-electron chi connectivity index (χ3n) is 6.50. The number of carbonyl (C=O) groups is 4. The van der Waals surface area contributed by atoms with Crippen molar-refractivity contribution in [2.75, 3.05) is 22.6 Å². The van der Waals surface area contributed by atoms with Gasteiger partial charge in [0.25, 0.3) is 11.1 Å². The van der Waals surface area contributed by atoms with Crippen molar-refractivity contribution >= 4 is 69.2 Å². The summed E-state index contributed by atoms with van der Waals surface area (Å²) in [5, 5.41) is 1.76. The predicted octanol–water partition coefficient (Wildman–Crippen LogP) is 8.46. The van der Waals surface area contributed by atoms with Crippen LogP contribution in [0.4, 0.5) is 37.7 Å². The van der Waals surface area contributed by atoms with E-state index in [-0.39, 0.29) is 56.5 Å². The van der Waals surface area contributed by atoms with Crippen LogP contribution in [0.15, 0.2) is 70.5 Å². The fourth-order valence-electron chi connectivity index (χ4n) is 4.30. The molecule has 0 bridgehead atoms. The van der Waals surface area contributed by atoms with Crippen molar-refractivity contribution in [3.05, 3.63) is 118 Å². The number of amides is 1. The van der Waals surface area contributed by atoms with E-state index in [4.69, 9.17) is 17.3 Å². The van der Waals surface area contributed by atoms with Crippen molar-refractivity contribution in [1.82, 2.24) is 0 Å². The zero-order valence-electron chi connectivity index (χ0n) is 23.8. The summed E-state index contributed by atoms with van der Waals surface area (Å²) in [6.45, 7) is 0. The molecule has 2 aliphatic rings. The highest BCUT2D eigenvalue weighted by Gasteiger charge is 2.28. The second kappa shape index (κ2) is 15.5. The zero-order valence-corrected chi connectivity index (χ0v) is 26.2. The minimum Gasteiger partial charge on any atom is -0.399 e. The summed E-state index contributed by atoms with van der Waals surface area (Å²) in [6, 6.07) is 10.9. The summed E-state index contributed by atoms with van der Waals surface area (Å²) in [6.07, 6.45) is 0.511. The normalized spacial score (nSPS) is 13.3. The molecule has 0 unspecified atom stereocenters. The average Bonchev–Trinajstić information content (AvgIpc) is 3.02. The summed E-state index contributed by atoms with van der Waals surface area (Å²) in [5.41, 5.74) is 5.69. The molecule has 0 aliphatic carbocycles. The topological polar surface area (TPSA) is 106 Å². The lowest BCUT2D eigenvalue weighted by Gasteiger charge is -2.18. The lowest BCUT2D eigenvalue weighted by molar-refractivity contribution is 0.0970. The molecule has 4 aromatic rings. The molecular formula is C32H21ClF6N2O4S2. The van der Waals surface area contributed by atoms with Crippen LogP contribution in [0.25, 0.3) is 0 Å². The molecule has 15 heteroatoms. The van der Waals surface area contributed by atoms with Crippen molar-refractivity contribution in [2.45, 2.75) is 22.6 Å².